The molecule has 0 saturated heterocycles. The summed E-state index contributed by atoms with van der Waals surface area (Å²) in [6.07, 6.45) is 2.72. The van der Waals surface area contributed by atoms with E-state index in [0.717, 1.165) is 28.2 Å². The van der Waals surface area contributed by atoms with Crippen molar-refractivity contribution in [2.24, 2.45) is 0 Å². The molecule has 0 unspecified atom stereocenters. The van der Waals surface area contributed by atoms with E-state index in [9.17, 15) is 4.79 Å². The lowest BCUT2D eigenvalue weighted by Gasteiger charge is -2.28. The second-order valence-corrected chi connectivity index (χ2v) is 8.26. The fraction of sp³-hybridized carbons (Fsp3) is 0.333. The number of nitrogens with zero attached hydrogens (tertiary/aromatic N) is 2. The minimum absolute atomic E-state index is 0.0447. The molecule has 0 saturated carbocycles. The zero-order valence-electron chi connectivity index (χ0n) is 20.7. The molecule has 4 rings (SSSR count). The van der Waals surface area contributed by atoms with Gasteiger partial charge in [0.2, 0.25) is 0 Å². The SMILES string of the molecule is COc1cc(OC)c(C2=CCN(C(=O)c3cccc(OCc4c(C)noc4C)c3)CC2)c(OC)c1. The fourth-order valence-corrected chi connectivity index (χ4v) is 4.17. The highest BCUT2D eigenvalue weighted by Crippen LogP contribution is 2.41. The molecule has 184 valence electrons. The highest BCUT2D eigenvalue weighted by molar-refractivity contribution is 5.95. The summed E-state index contributed by atoms with van der Waals surface area (Å²) in [4.78, 5) is 15.0. The van der Waals surface area contributed by atoms with E-state index in [1.54, 1.807) is 33.5 Å². The van der Waals surface area contributed by atoms with Crippen LogP contribution in [0.4, 0.5) is 0 Å². The average molecular weight is 479 g/mol. The van der Waals surface area contributed by atoms with Crippen LogP contribution in [-0.2, 0) is 6.61 Å². The number of carbonyl (C=O) groups is 1. The molecule has 1 aliphatic rings. The topological polar surface area (TPSA) is 83.3 Å². The third kappa shape index (κ3) is 5.11. The summed E-state index contributed by atoms with van der Waals surface area (Å²) in [5.41, 5.74) is 4.26. The zero-order valence-corrected chi connectivity index (χ0v) is 20.7. The normalized spacial score (nSPS) is 13.3. The summed E-state index contributed by atoms with van der Waals surface area (Å²) < 4.78 is 27.6. The summed E-state index contributed by atoms with van der Waals surface area (Å²) >= 11 is 0. The molecule has 0 spiro atoms. The lowest BCUT2D eigenvalue weighted by Crippen LogP contribution is -2.34. The van der Waals surface area contributed by atoms with Crippen LogP contribution in [0.5, 0.6) is 23.0 Å². The molecule has 0 fully saturated rings. The van der Waals surface area contributed by atoms with Gasteiger partial charge in [-0.1, -0.05) is 17.3 Å². The van der Waals surface area contributed by atoms with Gasteiger partial charge in [0.15, 0.2) is 0 Å². The number of aryl methyl sites for hydroxylation is 2. The van der Waals surface area contributed by atoms with E-state index in [1.807, 2.05) is 49.1 Å². The molecule has 1 aliphatic heterocycles. The average Bonchev–Trinajstić information content (AvgIpc) is 3.23. The predicted octanol–water partition coefficient (Wildman–Crippen LogP) is 4.83. The zero-order chi connectivity index (χ0) is 24.9. The molecule has 8 heteroatoms. The predicted molar refractivity (Wildman–Crippen MR) is 131 cm³/mol. The van der Waals surface area contributed by atoms with Gasteiger partial charge in [-0.2, -0.15) is 0 Å². The Morgan fingerprint density at radius 1 is 1.03 bits per heavy atom. The van der Waals surface area contributed by atoms with E-state index in [0.29, 0.717) is 54.7 Å². The van der Waals surface area contributed by atoms with Gasteiger partial charge in [-0.15, -0.1) is 0 Å². The van der Waals surface area contributed by atoms with Gasteiger partial charge in [0.25, 0.3) is 5.91 Å². The molecule has 3 aromatic rings. The van der Waals surface area contributed by atoms with E-state index in [4.69, 9.17) is 23.5 Å². The van der Waals surface area contributed by atoms with Crippen LogP contribution >= 0.6 is 0 Å². The van der Waals surface area contributed by atoms with Crippen molar-refractivity contribution in [1.29, 1.82) is 0 Å². The van der Waals surface area contributed by atoms with Crippen LogP contribution in [0.2, 0.25) is 0 Å². The van der Waals surface area contributed by atoms with Gasteiger partial charge in [0.05, 0.1) is 38.2 Å². The number of amides is 1. The fourth-order valence-electron chi connectivity index (χ4n) is 4.17. The summed E-state index contributed by atoms with van der Waals surface area (Å²) in [6.45, 7) is 5.13. The molecule has 2 heterocycles. The van der Waals surface area contributed by atoms with Gasteiger partial charge in [-0.3, -0.25) is 4.79 Å². The maximum absolute atomic E-state index is 13.2. The van der Waals surface area contributed by atoms with E-state index in [2.05, 4.69) is 5.16 Å². The molecule has 1 aromatic heterocycles. The van der Waals surface area contributed by atoms with Gasteiger partial charge in [0.1, 0.15) is 35.4 Å². The Balaban J connectivity index is 1.48. The first-order valence-electron chi connectivity index (χ1n) is 11.4. The molecule has 35 heavy (non-hydrogen) atoms. The molecule has 0 bridgehead atoms. The number of hydrogen-bond donors (Lipinski definition) is 0. The minimum atomic E-state index is -0.0447. The summed E-state index contributed by atoms with van der Waals surface area (Å²) in [7, 11) is 4.85. The maximum Gasteiger partial charge on any atom is 0.254 e. The number of aromatic nitrogens is 1. The number of ether oxygens (including phenoxy) is 4. The van der Waals surface area contributed by atoms with E-state index in [1.165, 1.54) is 0 Å². The third-order valence-electron chi connectivity index (χ3n) is 6.18. The van der Waals surface area contributed by atoms with Crippen LogP contribution in [0.25, 0.3) is 5.57 Å². The van der Waals surface area contributed by atoms with Crippen molar-refractivity contribution >= 4 is 11.5 Å². The van der Waals surface area contributed by atoms with Gasteiger partial charge in [-0.05, 0) is 44.0 Å². The van der Waals surface area contributed by atoms with Crippen LogP contribution in [0, 0.1) is 13.8 Å². The summed E-state index contributed by atoms with van der Waals surface area (Å²) in [5.74, 6) is 3.32. The second kappa shape index (κ2) is 10.5. The molecule has 0 N–H and O–H groups in total. The largest absolute Gasteiger partial charge is 0.496 e. The molecule has 0 atom stereocenters. The quantitative estimate of drug-likeness (QED) is 0.459. The highest BCUT2D eigenvalue weighted by Gasteiger charge is 2.24. The van der Waals surface area contributed by atoms with Crippen LogP contribution in [0.3, 0.4) is 0 Å². The monoisotopic (exact) mass is 478 g/mol. The summed E-state index contributed by atoms with van der Waals surface area (Å²) in [6, 6.07) is 10.9. The van der Waals surface area contributed by atoms with Crippen molar-refractivity contribution < 1.29 is 28.3 Å². The van der Waals surface area contributed by atoms with Crippen molar-refractivity contribution in [3.63, 3.8) is 0 Å². The van der Waals surface area contributed by atoms with Crippen LogP contribution in [-0.4, -0.2) is 50.4 Å². The molecule has 0 aliphatic carbocycles. The molecule has 2 aromatic carbocycles. The van der Waals surface area contributed by atoms with E-state index in [-0.39, 0.29) is 5.91 Å². The number of rotatable bonds is 8. The van der Waals surface area contributed by atoms with Crippen molar-refractivity contribution in [3.8, 4) is 23.0 Å². The molecule has 8 nitrogen and oxygen atoms in total. The Morgan fingerprint density at radius 3 is 2.34 bits per heavy atom. The lowest BCUT2D eigenvalue weighted by atomic mass is 9.96. The highest BCUT2D eigenvalue weighted by atomic mass is 16.5. The van der Waals surface area contributed by atoms with Crippen molar-refractivity contribution in [2.45, 2.75) is 26.9 Å². The van der Waals surface area contributed by atoms with Crippen molar-refractivity contribution in [1.82, 2.24) is 10.1 Å². The van der Waals surface area contributed by atoms with E-state index >= 15 is 0 Å². The standard InChI is InChI=1S/C27H30N2O6/c1-17-23(18(2)35-28-17)16-34-21-8-6-7-20(13-21)27(30)29-11-9-19(10-12-29)26-24(32-4)14-22(31-3)15-25(26)33-5/h6-9,13-15H,10-12,16H2,1-5H3. The van der Waals surface area contributed by atoms with Gasteiger partial charge in [0, 0.05) is 30.8 Å². The van der Waals surface area contributed by atoms with Gasteiger partial charge < -0.3 is 28.4 Å². The Morgan fingerprint density at radius 2 is 1.77 bits per heavy atom. The van der Waals surface area contributed by atoms with Gasteiger partial charge >= 0.3 is 0 Å². The minimum Gasteiger partial charge on any atom is -0.496 e. The smallest absolute Gasteiger partial charge is 0.254 e. The number of carbonyl (C=O) groups excluding carboxylic acids is 1. The van der Waals surface area contributed by atoms with E-state index < -0.39 is 0 Å². The number of hydrogen-bond acceptors (Lipinski definition) is 7. The van der Waals surface area contributed by atoms with Crippen LogP contribution in [0.1, 0.15) is 39.4 Å². The number of methoxy groups -OCH3 is 3. The molecular formula is C27H30N2O6. The van der Waals surface area contributed by atoms with Crippen molar-refractivity contribution in [3.05, 3.63) is 70.6 Å². The van der Waals surface area contributed by atoms with Crippen molar-refractivity contribution in [2.75, 3.05) is 34.4 Å². The lowest BCUT2D eigenvalue weighted by molar-refractivity contribution is 0.0772. The van der Waals surface area contributed by atoms with Crippen LogP contribution < -0.4 is 18.9 Å². The van der Waals surface area contributed by atoms with Gasteiger partial charge in [-0.25, -0.2) is 0 Å². The molecule has 1 amide bonds. The molecular weight excluding hydrogens is 448 g/mol. The Bertz CT molecular complexity index is 1200. The first-order chi connectivity index (χ1) is 16.9. The third-order valence-corrected chi connectivity index (χ3v) is 6.18. The second-order valence-electron chi connectivity index (χ2n) is 8.26. The summed E-state index contributed by atoms with van der Waals surface area (Å²) in [5, 5.41) is 3.95. The Hall–Kier alpha value is -3.94. The maximum atomic E-state index is 13.2. The first-order valence-corrected chi connectivity index (χ1v) is 11.4. The Kier molecular flexibility index (Phi) is 7.29. The Labute approximate surface area is 205 Å². The number of benzene rings is 2. The first kappa shape index (κ1) is 24.2. The van der Waals surface area contributed by atoms with Crippen LogP contribution in [0.15, 0.2) is 47.0 Å². The molecule has 0 radical (unpaired) electrons.